The van der Waals surface area contributed by atoms with E-state index in [0.29, 0.717) is 31.9 Å². The van der Waals surface area contributed by atoms with Crippen LogP contribution in [0.3, 0.4) is 0 Å². The number of nitrogens with two attached hydrogens (primary N) is 1. The molecule has 8 heteroatoms. The van der Waals surface area contributed by atoms with Crippen LogP contribution in [0.15, 0.2) is 24.3 Å². The van der Waals surface area contributed by atoms with Gasteiger partial charge in [0.15, 0.2) is 0 Å². The maximum absolute atomic E-state index is 11.5. The van der Waals surface area contributed by atoms with Crippen molar-refractivity contribution in [2.45, 2.75) is 0 Å². The van der Waals surface area contributed by atoms with Gasteiger partial charge < -0.3 is 15.5 Å². The summed E-state index contributed by atoms with van der Waals surface area (Å²) < 4.78 is 0. The summed E-state index contributed by atoms with van der Waals surface area (Å²) >= 11 is 0. The van der Waals surface area contributed by atoms with E-state index in [2.05, 4.69) is 0 Å². The summed E-state index contributed by atoms with van der Waals surface area (Å²) in [6, 6.07) is 6.65. The molecule has 7 nitrogen and oxygen atoms in total. The molecule has 1 saturated heterocycles. The average Bonchev–Trinajstić information content (AvgIpc) is 2.46. The van der Waals surface area contributed by atoms with E-state index in [9.17, 15) is 14.9 Å². The summed E-state index contributed by atoms with van der Waals surface area (Å²) in [7, 11) is 0. The van der Waals surface area contributed by atoms with Crippen molar-refractivity contribution in [1.29, 1.82) is 0 Å². The molecule has 1 aliphatic heterocycles. The maximum atomic E-state index is 11.5. The Morgan fingerprint density at radius 3 is 2.40 bits per heavy atom. The fourth-order valence-electron chi connectivity index (χ4n) is 2.21. The molecule has 0 bridgehead atoms. The van der Waals surface area contributed by atoms with Crippen LogP contribution < -0.4 is 10.6 Å². The van der Waals surface area contributed by atoms with Crippen LogP contribution in [-0.4, -0.2) is 48.5 Å². The van der Waals surface area contributed by atoms with Gasteiger partial charge in [-0.15, -0.1) is 12.4 Å². The average molecular weight is 301 g/mol. The highest BCUT2D eigenvalue weighted by molar-refractivity contribution is 5.85. The van der Waals surface area contributed by atoms with Crippen molar-refractivity contribution in [1.82, 2.24) is 4.90 Å². The zero-order chi connectivity index (χ0) is 13.8. The summed E-state index contributed by atoms with van der Waals surface area (Å²) in [6.45, 7) is 2.25. The Bertz CT molecular complexity index is 489. The van der Waals surface area contributed by atoms with Crippen LogP contribution in [0.2, 0.25) is 0 Å². The van der Waals surface area contributed by atoms with Crippen molar-refractivity contribution >= 4 is 29.7 Å². The van der Waals surface area contributed by atoms with Gasteiger partial charge in [-0.1, -0.05) is 12.1 Å². The molecule has 1 fully saturated rings. The second-order valence-electron chi connectivity index (χ2n) is 4.32. The lowest BCUT2D eigenvalue weighted by Gasteiger charge is -2.35. The minimum absolute atomic E-state index is 0. The van der Waals surface area contributed by atoms with E-state index in [0.717, 1.165) is 0 Å². The third-order valence-electron chi connectivity index (χ3n) is 3.23. The molecule has 1 amide bonds. The third-order valence-corrected chi connectivity index (χ3v) is 3.23. The summed E-state index contributed by atoms with van der Waals surface area (Å²) in [5, 5.41) is 11.0. The Hall–Kier alpha value is -1.86. The number of hydrogen-bond donors (Lipinski definition) is 1. The first-order valence-electron chi connectivity index (χ1n) is 6.09. The van der Waals surface area contributed by atoms with Gasteiger partial charge in [-0.2, -0.15) is 0 Å². The van der Waals surface area contributed by atoms with E-state index in [1.807, 2.05) is 4.90 Å². The number of amides is 1. The molecule has 0 saturated carbocycles. The molecule has 2 rings (SSSR count). The van der Waals surface area contributed by atoms with Crippen molar-refractivity contribution in [3.8, 4) is 0 Å². The second kappa shape index (κ2) is 7.06. The lowest BCUT2D eigenvalue weighted by molar-refractivity contribution is -0.384. The number of benzene rings is 1. The molecule has 110 valence electrons. The predicted molar refractivity (Wildman–Crippen MR) is 78.2 cm³/mol. The predicted octanol–water partition coefficient (Wildman–Crippen LogP) is 0.624. The molecular weight excluding hydrogens is 284 g/mol. The van der Waals surface area contributed by atoms with Crippen molar-refractivity contribution < 1.29 is 9.72 Å². The minimum Gasteiger partial charge on any atom is -0.362 e. The molecule has 2 N–H and O–H groups in total. The van der Waals surface area contributed by atoms with Gasteiger partial charge in [0.25, 0.3) is 5.69 Å². The number of nitro benzene ring substituents is 1. The second-order valence-corrected chi connectivity index (χ2v) is 4.32. The Balaban J connectivity index is 0.00000200. The monoisotopic (exact) mass is 300 g/mol. The normalized spacial score (nSPS) is 14.7. The van der Waals surface area contributed by atoms with Crippen LogP contribution >= 0.6 is 12.4 Å². The van der Waals surface area contributed by atoms with Gasteiger partial charge in [-0.3, -0.25) is 14.9 Å². The number of carbonyl (C=O) groups is 1. The Kier molecular flexibility index (Phi) is 5.72. The van der Waals surface area contributed by atoms with Gasteiger partial charge in [0.05, 0.1) is 11.5 Å². The smallest absolute Gasteiger partial charge is 0.292 e. The Morgan fingerprint density at radius 1 is 1.25 bits per heavy atom. The van der Waals surface area contributed by atoms with E-state index in [1.165, 1.54) is 6.07 Å². The summed E-state index contributed by atoms with van der Waals surface area (Å²) in [5.74, 6) is -0.0813. The molecule has 0 radical (unpaired) electrons. The Morgan fingerprint density at radius 2 is 1.85 bits per heavy atom. The highest BCUT2D eigenvalue weighted by atomic mass is 35.5. The number of nitrogens with zero attached hydrogens (tertiary/aromatic N) is 3. The number of hydrogen-bond acceptors (Lipinski definition) is 5. The number of rotatable bonds is 3. The summed E-state index contributed by atoms with van der Waals surface area (Å²) in [4.78, 5) is 25.7. The highest BCUT2D eigenvalue weighted by Crippen LogP contribution is 2.28. The number of nitro groups is 1. The fourth-order valence-corrected chi connectivity index (χ4v) is 2.21. The maximum Gasteiger partial charge on any atom is 0.292 e. The van der Waals surface area contributed by atoms with Crippen LogP contribution in [-0.2, 0) is 4.79 Å². The first-order chi connectivity index (χ1) is 9.13. The van der Waals surface area contributed by atoms with E-state index >= 15 is 0 Å². The van der Waals surface area contributed by atoms with Crippen LogP contribution in [0.5, 0.6) is 0 Å². The van der Waals surface area contributed by atoms with Crippen molar-refractivity contribution in [3.05, 3.63) is 34.4 Å². The third kappa shape index (κ3) is 3.37. The SMILES string of the molecule is Cl.NCC(=O)N1CCN(c2ccccc2[N+](=O)[O-])CC1. The molecule has 0 atom stereocenters. The van der Waals surface area contributed by atoms with Crippen LogP contribution in [0, 0.1) is 10.1 Å². The van der Waals surface area contributed by atoms with Crippen LogP contribution in [0.4, 0.5) is 11.4 Å². The summed E-state index contributed by atoms with van der Waals surface area (Å²) in [6.07, 6.45) is 0. The lowest BCUT2D eigenvalue weighted by Crippen LogP contribution is -2.50. The topological polar surface area (TPSA) is 92.7 Å². The Labute approximate surface area is 122 Å². The van der Waals surface area contributed by atoms with Crippen LogP contribution in [0.25, 0.3) is 0 Å². The van der Waals surface area contributed by atoms with Gasteiger partial charge in [-0.05, 0) is 6.07 Å². The van der Waals surface area contributed by atoms with Gasteiger partial charge in [0.1, 0.15) is 5.69 Å². The molecule has 0 unspecified atom stereocenters. The molecule has 0 spiro atoms. The minimum atomic E-state index is -0.382. The van der Waals surface area contributed by atoms with Crippen molar-refractivity contribution in [2.24, 2.45) is 5.73 Å². The molecule has 1 aromatic carbocycles. The largest absolute Gasteiger partial charge is 0.362 e. The molecule has 0 aromatic heterocycles. The quantitative estimate of drug-likeness (QED) is 0.652. The van der Waals surface area contributed by atoms with Crippen molar-refractivity contribution in [2.75, 3.05) is 37.6 Å². The number of anilines is 1. The number of para-hydroxylation sites is 2. The number of carbonyl (C=O) groups excluding carboxylic acids is 1. The standard InChI is InChI=1S/C12H16N4O3.ClH/c13-9-12(17)15-7-5-14(6-8-15)10-3-1-2-4-11(10)16(18)19;/h1-4H,5-9,13H2;1H. The fraction of sp³-hybridized carbons (Fsp3) is 0.417. The van der Waals surface area contributed by atoms with Crippen LogP contribution in [0.1, 0.15) is 0 Å². The molecule has 1 heterocycles. The molecule has 20 heavy (non-hydrogen) atoms. The van der Waals surface area contributed by atoms with E-state index in [4.69, 9.17) is 5.73 Å². The number of piperazine rings is 1. The van der Waals surface area contributed by atoms with E-state index < -0.39 is 0 Å². The van der Waals surface area contributed by atoms with Gasteiger partial charge in [0.2, 0.25) is 5.91 Å². The zero-order valence-electron chi connectivity index (χ0n) is 10.9. The highest BCUT2D eigenvalue weighted by Gasteiger charge is 2.24. The first kappa shape index (κ1) is 16.2. The van der Waals surface area contributed by atoms with E-state index in [1.54, 1.807) is 23.1 Å². The first-order valence-corrected chi connectivity index (χ1v) is 6.09. The van der Waals surface area contributed by atoms with Gasteiger partial charge in [0, 0.05) is 32.2 Å². The number of halogens is 1. The molecule has 0 aliphatic carbocycles. The molecule has 1 aromatic rings. The van der Waals surface area contributed by atoms with Gasteiger partial charge >= 0.3 is 0 Å². The van der Waals surface area contributed by atoms with Gasteiger partial charge in [-0.25, -0.2) is 0 Å². The lowest BCUT2D eigenvalue weighted by atomic mass is 10.2. The van der Waals surface area contributed by atoms with E-state index in [-0.39, 0.29) is 35.5 Å². The zero-order valence-corrected chi connectivity index (χ0v) is 11.7. The van der Waals surface area contributed by atoms with Crippen molar-refractivity contribution in [3.63, 3.8) is 0 Å². The molecule has 1 aliphatic rings. The molecular formula is C12H17ClN4O3. The summed E-state index contributed by atoms with van der Waals surface area (Å²) in [5.41, 5.74) is 6.02.